The number of nitriles is 1. The molecule has 0 unspecified atom stereocenters. The number of hydrogen-bond donors (Lipinski definition) is 0. The van der Waals surface area contributed by atoms with E-state index in [9.17, 15) is 0 Å². The van der Waals surface area contributed by atoms with Crippen molar-refractivity contribution in [2.24, 2.45) is 0 Å². The number of ether oxygens (including phenoxy) is 1. The topological polar surface area (TPSA) is 45.9 Å². The summed E-state index contributed by atoms with van der Waals surface area (Å²) in [6, 6.07) is 3.30. The Morgan fingerprint density at radius 2 is 2.25 bits per heavy atom. The van der Waals surface area contributed by atoms with Gasteiger partial charge in [0.25, 0.3) is 0 Å². The maximum absolute atomic E-state index is 8.62. The lowest BCUT2D eigenvalue weighted by Gasteiger charge is -2.02. The average Bonchev–Trinajstić information content (AvgIpc) is 2.03. The predicted molar refractivity (Wildman–Crippen MR) is 45.5 cm³/mol. The van der Waals surface area contributed by atoms with Crippen molar-refractivity contribution in [1.29, 1.82) is 5.26 Å². The van der Waals surface area contributed by atoms with Crippen molar-refractivity contribution in [3.05, 3.63) is 21.9 Å². The Balaban J connectivity index is 3.36. The maximum atomic E-state index is 8.62. The third-order valence-corrected chi connectivity index (χ3v) is 1.71. The van der Waals surface area contributed by atoms with Crippen molar-refractivity contribution < 1.29 is 4.74 Å². The summed E-state index contributed by atoms with van der Waals surface area (Å²) < 4.78 is 4.87. The summed E-state index contributed by atoms with van der Waals surface area (Å²) in [4.78, 5) is 3.68. The summed E-state index contributed by atoms with van der Waals surface area (Å²) in [6.45, 7) is 0. The van der Waals surface area contributed by atoms with Crippen LogP contribution in [0.3, 0.4) is 0 Å². The summed E-state index contributed by atoms with van der Waals surface area (Å²) in [5.74, 6) is 0.336. The Morgan fingerprint density at radius 3 is 2.75 bits per heavy atom. The Kier molecular flexibility index (Phi) is 2.74. The second-order valence-electron chi connectivity index (χ2n) is 1.92. The van der Waals surface area contributed by atoms with Crippen LogP contribution < -0.4 is 4.74 Å². The minimum Gasteiger partial charge on any atom is -0.495 e. The molecule has 0 aromatic carbocycles. The van der Waals surface area contributed by atoms with E-state index in [1.54, 1.807) is 0 Å². The first-order chi connectivity index (χ1) is 5.69. The quantitative estimate of drug-likeness (QED) is 0.657. The van der Waals surface area contributed by atoms with Crippen LogP contribution in [-0.4, -0.2) is 12.1 Å². The molecule has 0 aliphatic carbocycles. The van der Waals surface area contributed by atoms with E-state index in [0.29, 0.717) is 5.75 Å². The van der Waals surface area contributed by atoms with Crippen LogP contribution in [0.25, 0.3) is 0 Å². The van der Waals surface area contributed by atoms with Gasteiger partial charge in [-0.25, -0.2) is 4.98 Å². The highest BCUT2D eigenvalue weighted by Crippen LogP contribution is 2.26. The molecule has 0 aliphatic rings. The fraction of sp³-hybridized carbons (Fsp3) is 0.143. The lowest BCUT2D eigenvalue weighted by Crippen LogP contribution is -1.91. The number of pyridine rings is 1. The van der Waals surface area contributed by atoms with E-state index in [4.69, 9.17) is 33.2 Å². The molecular formula is C7H4Cl2N2O. The first kappa shape index (κ1) is 9.11. The molecule has 1 aromatic heterocycles. The Bertz CT molecular complexity index is 346. The minimum atomic E-state index is 0.0573. The molecule has 62 valence electrons. The minimum absolute atomic E-state index is 0.0573. The van der Waals surface area contributed by atoms with E-state index in [2.05, 4.69) is 4.98 Å². The number of methoxy groups -OCH3 is 1. The summed E-state index contributed by atoms with van der Waals surface area (Å²) in [5, 5.41) is 8.89. The van der Waals surface area contributed by atoms with Gasteiger partial charge >= 0.3 is 0 Å². The van der Waals surface area contributed by atoms with Gasteiger partial charge in [-0.15, -0.1) is 0 Å². The lowest BCUT2D eigenvalue weighted by molar-refractivity contribution is 0.413. The highest BCUT2D eigenvalue weighted by Gasteiger charge is 2.09. The number of nitrogens with zero attached hydrogens (tertiary/aromatic N) is 2. The van der Waals surface area contributed by atoms with Gasteiger partial charge in [-0.2, -0.15) is 5.26 Å². The lowest BCUT2D eigenvalue weighted by atomic mass is 10.3. The van der Waals surface area contributed by atoms with Gasteiger partial charge in [0.2, 0.25) is 0 Å². The standard InChI is InChI=1S/C7H4Cl2N2O/c1-12-5-2-6(8)11-7(9)4(5)3-10/h2H,1H3. The third-order valence-electron chi connectivity index (χ3n) is 1.24. The number of halogens is 2. The normalized spacial score (nSPS) is 9.17. The molecule has 0 bridgehead atoms. The average molecular weight is 203 g/mol. The molecule has 1 heterocycles. The number of rotatable bonds is 1. The molecule has 5 heteroatoms. The van der Waals surface area contributed by atoms with Crippen LogP contribution in [0.4, 0.5) is 0 Å². The van der Waals surface area contributed by atoms with Crippen LogP contribution in [0.1, 0.15) is 5.56 Å². The molecule has 0 fully saturated rings. The Hall–Kier alpha value is -0.980. The maximum Gasteiger partial charge on any atom is 0.152 e. The highest BCUT2D eigenvalue weighted by molar-refractivity contribution is 6.33. The van der Waals surface area contributed by atoms with Crippen LogP contribution >= 0.6 is 23.2 Å². The van der Waals surface area contributed by atoms with Crippen molar-refractivity contribution in [2.75, 3.05) is 7.11 Å². The van der Waals surface area contributed by atoms with Gasteiger partial charge in [-0.3, -0.25) is 0 Å². The molecule has 0 radical (unpaired) electrons. The second-order valence-corrected chi connectivity index (χ2v) is 2.67. The van der Waals surface area contributed by atoms with Gasteiger partial charge in [-0.05, 0) is 0 Å². The molecule has 0 aliphatic heterocycles. The van der Waals surface area contributed by atoms with E-state index in [0.717, 1.165) is 0 Å². The van der Waals surface area contributed by atoms with Crippen LogP contribution in [-0.2, 0) is 0 Å². The van der Waals surface area contributed by atoms with Crippen LogP contribution in [0.2, 0.25) is 10.3 Å². The molecule has 3 nitrogen and oxygen atoms in total. The molecule has 12 heavy (non-hydrogen) atoms. The molecule has 0 saturated heterocycles. The highest BCUT2D eigenvalue weighted by atomic mass is 35.5. The smallest absolute Gasteiger partial charge is 0.152 e. The summed E-state index contributed by atoms with van der Waals surface area (Å²) in [6.07, 6.45) is 0. The van der Waals surface area contributed by atoms with Gasteiger partial charge in [0, 0.05) is 6.07 Å². The molecule has 0 saturated carbocycles. The van der Waals surface area contributed by atoms with E-state index in [1.165, 1.54) is 13.2 Å². The zero-order valence-corrected chi connectivity index (χ0v) is 7.65. The first-order valence-electron chi connectivity index (χ1n) is 2.99. The van der Waals surface area contributed by atoms with Crippen molar-refractivity contribution in [3.8, 4) is 11.8 Å². The second kappa shape index (κ2) is 3.61. The van der Waals surface area contributed by atoms with Gasteiger partial charge in [0.05, 0.1) is 7.11 Å². The number of hydrogen-bond acceptors (Lipinski definition) is 3. The van der Waals surface area contributed by atoms with Crippen LogP contribution in [0.5, 0.6) is 5.75 Å². The van der Waals surface area contributed by atoms with Gasteiger partial charge in [0.15, 0.2) is 5.15 Å². The van der Waals surface area contributed by atoms with Crippen molar-refractivity contribution >= 4 is 23.2 Å². The molecule has 1 rings (SSSR count). The van der Waals surface area contributed by atoms with Crippen molar-refractivity contribution in [3.63, 3.8) is 0 Å². The Labute approximate surface area is 79.5 Å². The summed E-state index contributed by atoms with van der Waals surface area (Å²) in [7, 11) is 1.43. The molecule has 0 amide bonds. The fourth-order valence-electron chi connectivity index (χ4n) is 0.726. The van der Waals surface area contributed by atoms with E-state index in [1.807, 2.05) is 6.07 Å². The first-order valence-corrected chi connectivity index (χ1v) is 3.74. The molecule has 0 atom stereocenters. The van der Waals surface area contributed by atoms with E-state index < -0.39 is 0 Å². The number of aromatic nitrogens is 1. The van der Waals surface area contributed by atoms with Crippen molar-refractivity contribution in [2.45, 2.75) is 0 Å². The van der Waals surface area contributed by atoms with Gasteiger partial charge in [0.1, 0.15) is 22.5 Å². The molecular weight excluding hydrogens is 199 g/mol. The largest absolute Gasteiger partial charge is 0.495 e. The van der Waals surface area contributed by atoms with Gasteiger partial charge < -0.3 is 4.74 Å². The molecule has 1 aromatic rings. The van der Waals surface area contributed by atoms with E-state index in [-0.39, 0.29) is 15.9 Å². The van der Waals surface area contributed by atoms with Crippen LogP contribution in [0.15, 0.2) is 6.07 Å². The monoisotopic (exact) mass is 202 g/mol. The van der Waals surface area contributed by atoms with Crippen LogP contribution in [0, 0.1) is 11.3 Å². The van der Waals surface area contributed by atoms with Crippen molar-refractivity contribution in [1.82, 2.24) is 4.98 Å². The van der Waals surface area contributed by atoms with Gasteiger partial charge in [-0.1, -0.05) is 23.2 Å². The zero-order chi connectivity index (χ0) is 9.14. The zero-order valence-electron chi connectivity index (χ0n) is 6.14. The molecule has 0 spiro atoms. The van der Waals surface area contributed by atoms with E-state index >= 15 is 0 Å². The SMILES string of the molecule is COc1cc(Cl)nc(Cl)c1C#N. The predicted octanol–water partition coefficient (Wildman–Crippen LogP) is 2.27. The Morgan fingerprint density at radius 1 is 1.58 bits per heavy atom. The third kappa shape index (κ3) is 1.60. The summed E-state index contributed by atoms with van der Waals surface area (Å²) >= 11 is 11.2. The summed E-state index contributed by atoms with van der Waals surface area (Å²) in [5.41, 5.74) is 0.198. The molecule has 0 N–H and O–H groups in total. The fourth-order valence-corrected chi connectivity index (χ4v) is 1.18.